The molecule has 0 unspecified atom stereocenters. The molecule has 138 valence electrons. The molecule has 26 heavy (non-hydrogen) atoms. The van der Waals surface area contributed by atoms with E-state index in [-0.39, 0.29) is 12.6 Å². The molecule has 2 aromatic rings. The van der Waals surface area contributed by atoms with Gasteiger partial charge in [0, 0.05) is 32.9 Å². The van der Waals surface area contributed by atoms with E-state index in [0.717, 1.165) is 18.8 Å². The molecule has 9 heteroatoms. The van der Waals surface area contributed by atoms with Crippen molar-refractivity contribution < 1.29 is 9.53 Å². The van der Waals surface area contributed by atoms with Crippen LogP contribution in [0.4, 0.5) is 22.4 Å². The highest BCUT2D eigenvalue weighted by atomic mass is 16.5. The minimum absolute atomic E-state index is 0.208. The summed E-state index contributed by atoms with van der Waals surface area (Å²) in [7, 11) is 3.75. The zero-order valence-corrected chi connectivity index (χ0v) is 15.0. The summed E-state index contributed by atoms with van der Waals surface area (Å²) in [6, 6.07) is 8.95. The van der Waals surface area contributed by atoms with Crippen LogP contribution in [0.5, 0.6) is 0 Å². The Morgan fingerprint density at radius 1 is 1.15 bits per heavy atom. The Morgan fingerprint density at radius 2 is 1.88 bits per heavy atom. The molecule has 1 aromatic carbocycles. The first kappa shape index (κ1) is 17.9. The summed E-state index contributed by atoms with van der Waals surface area (Å²) in [5.41, 5.74) is 0.726. The summed E-state index contributed by atoms with van der Waals surface area (Å²) >= 11 is 0. The average molecular weight is 357 g/mol. The standard InChI is InChI=1S/C17H23N7O2/c1-23(2)15-20-14(21-16(22-15)24-8-10-26-11-9-24)12-18-17(25)19-13-6-4-3-5-7-13/h3-7H,8-12H2,1-2H3,(H2,18,19,25). The van der Waals surface area contributed by atoms with Crippen molar-refractivity contribution >= 4 is 23.6 Å². The number of aromatic nitrogens is 3. The van der Waals surface area contributed by atoms with Gasteiger partial charge in [-0.05, 0) is 12.1 Å². The van der Waals surface area contributed by atoms with Gasteiger partial charge in [0.2, 0.25) is 11.9 Å². The molecule has 2 N–H and O–H groups in total. The van der Waals surface area contributed by atoms with Crippen LogP contribution in [0.3, 0.4) is 0 Å². The predicted molar refractivity (Wildman–Crippen MR) is 99.5 cm³/mol. The third-order valence-corrected chi connectivity index (χ3v) is 3.79. The molecule has 0 saturated carbocycles. The Kier molecular flexibility index (Phi) is 5.80. The second-order valence-electron chi connectivity index (χ2n) is 6.02. The maximum absolute atomic E-state index is 12.1. The number of benzene rings is 1. The highest BCUT2D eigenvalue weighted by Crippen LogP contribution is 2.14. The summed E-state index contributed by atoms with van der Waals surface area (Å²) in [6.45, 7) is 2.97. The first-order valence-corrected chi connectivity index (χ1v) is 8.47. The molecule has 0 atom stereocenters. The lowest BCUT2D eigenvalue weighted by Crippen LogP contribution is -2.38. The maximum Gasteiger partial charge on any atom is 0.319 e. The van der Waals surface area contributed by atoms with Gasteiger partial charge in [-0.25, -0.2) is 4.79 Å². The van der Waals surface area contributed by atoms with Gasteiger partial charge < -0.3 is 25.2 Å². The number of amides is 2. The summed E-state index contributed by atoms with van der Waals surface area (Å²) < 4.78 is 5.38. The molecule has 1 fully saturated rings. The fourth-order valence-electron chi connectivity index (χ4n) is 2.44. The maximum atomic E-state index is 12.1. The van der Waals surface area contributed by atoms with Crippen molar-refractivity contribution in [2.45, 2.75) is 6.54 Å². The summed E-state index contributed by atoms with van der Waals surface area (Å²) in [5, 5.41) is 5.55. The quantitative estimate of drug-likeness (QED) is 0.827. The molecule has 0 aliphatic carbocycles. The van der Waals surface area contributed by atoms with Crippen LogP contribution < -0.4 is 20.4 Å². The molecular weight excluding hydrogens is 334 g/mol. The van der Waals surface area contributed by atoms with Gasteiger partial charge in [0.25, 0.3) is 0 Å². The van der Waals surface area contributed by atoms with Gasteiger partial charge in [-0.15, -0.1) is 0 Å². The number of carbonyl (C=O) groups is 1. The minimum atomic E-state index is -0.309. The molecule has 9 nitrogen and oxygen atoms in total. The van der Waals surface area contributed by atoms with Crippen molar-refractivity contribution in [1.29, 1.82) is 0 Å². The Bertz CT molecular complexity index is 733. The van der Waals surface area contributed by atoms with E-state index >= 15 is 0 Å². The molecule has 1 aromatic heterocycles. The van der Waals surface area contributed by atoms with Gasteiger partial charge in [-0.3, -0.25) is 0 Å². The Morgan fingerprint density at radius 3 is 2.58 bits per heavy atom. The van der Waals surface area contributed by atoms with Crippen LogP contribution in [0.15, 0.2) is 30.3 Å². The first-order chi connectivity index (χ1) is 12.6. The SMILES string of the molecule is CN(C)c1nc(CNC(=O)Nc2ccccc2)nc(N2CCOCC2)n1. The van der Waals surface area contributed by atoms with Crippen LogP contribution in [-0.2, 0) is 11.3 Å². The second-order valence-corrected chi connectivity index (χ2v) is 6.02. The number of urea groups is 1. The largest absolute Gasteiger partial charge is 0.378 e. The monoisotopic (exact) mass is 357 g/mol. The molecule has 2 amide bonds. The van der Waals surface area contributed by atoms with Crippen molar-refractivity contribution in [3.63, 3.8) is 0 Å². The number of hydrogen-bond donors (Lipinski definition) is 2. The van der Waals surface area contributed by atoms with E-state index in [2.05, 4.69) is 30.5 Å². The highest BCUT2D eigenvalue weighted by molar-refractivity contribution is 5.89. The molecule has 1 aliphatic rings. The van der Waals surface area contributed by atoms with Gasteiger partial charge in [0.15, 0.2) is 5.82 Å². The Balaban J connectivity index is 1.67. The van der Waals surface area contributed by atoms with Crippen molar-refractivity contribution in [1.82, 2.24) is 20.3 Å². The lowest BCUT2D eigenvalue weighted by atomic mass is 10.3. The smallest absolute Gasteiger partial charge is 0.319 e. The zero-order chi connectivity index (χ0) is 18.4. The number of para-hydroxylation sites is 1. The van der Waals surface area contributed by atoms with Crippen molar-refractivity contribution in [3.8, 4) is 0 Å². The lowest BCUT2D eigenvalue weighted by Gasteiger charge is -2.27. The summed E-state index contributed by atoms with van der Waals surface area (Å²) in [5.74, 6) is 1.67. The summed E-state index contributed by atoms with van der Waals surface area (Å²) in [4.78, 5) is 29.3. The molecule has 3 rings (SSSR count). The highest BCUT2D eigenvalue weighted by Gasteiger charge is 2.17. The van der Waals surface area contributed by atoms with Gasteiger partial charge in [0.1, 0.15) is 0 Å². The normalized spacial score (nSPS) is 14.0. The van der Waals surface area contributed by atoms with E-state index in [1.807, 2.05) is 49.3 Å². The summed E-state index contributed by atoms with van der Waals surface area (Å²) in [6.07, 6.45) is 0. The fraction of sp³-hybridized carbons (Fsp3) is 0.412. The van der Waals surface area contributed by atoms with Crippen molar-refractivity contribution in [3.05, 3.63) is 36.2 Å². The number of nitrogens with zero attached hydrogens (tertiary/aromatic N) is 5. The zero-order valence-electron chi connectivity index (χ0n) is 15.0. The average Bonchev–Trinajstić information content (AvgIpc) is 2.67. The Hall–Kier alpha value is -2.94. The predicted octanol–water partition coefficient (Wildman–Crippen LogP) is 1.10. The molecular formula is C17H23N7O2. The first-order valence-electron chi connectivity index (χ1n) is 8.47. The van der Waals surface area contributed by atoms with E-state index in [4.69, 9.17) is 4.74 Å². The van der Waals surface area contributed by atoms with E-state index in [9.17, 15) is 4.79 Å². The van der Waals surface area contributed by atoms with E-state index < -0.39 is 0 Å². The van der Waals surface area contributed by atoms with Crippen LogP contribution >= 0.6 is 0 Å². The van der Waals surface area contributed by atoms with Crippen LogP contribution in [0.2, 0.25) is 0 Å². The molecule has 0 spiro atoms. The Labute approximate surface area is 152 Å². The number of carbonyl (C=O) groups excluding carboxylic acids is 1. The van der Waals surface area contributed by atoms with Gasteiger partial charge in [0.05, 0.1) is 19.8 Å². The molecule has 2 heterocycles. The van der Waals surface area contributed by atoms with Gasteiger partial charge >= 0.3 is 6.03 Å². The molecule has 0 bridgehead atoms. The van der Waals surface area contributed by atoms with Crippen LogP contribution in [-0.4, -0.2) is 61.4 Å². The number of hydrogen-bond acceptors (Lipinski definition) is 7. The van der Waals surface area contributed by atoms with Crippen LogP contribution in [0.25, 0.3) is 0 Å². The number of rotatable bonds is 5. The number of nitrogens with one attached hydrogen (secondary N) is 2. The molecule has 1 aliphatic heterocycles. The van der Waals surface area contributed by atoms with Gasteiger partial charge in [-0.2, -0.15) is 15.0 Å². The van der Waals surface area contributed by atoms with E-state index in [1.54, 1.807) is 0 Å². The second kappa shape index (κ2) is 8.43. The topological polar surface area (TPSA) is 95.5 Å². The van der Waals surface area contributed by atoms with E-state index in [0.29, 0.717) is 30.9 Å². The fourth-order valence-corrected chi connectivity index (χ4v) is 2.44. The van der Waals surface area contributed by atoms with Crippen molar-refractivity contribution in [2.24, 2.45) is 0 Å². The third-order valence-electron chi connectivity index (χ3n) is 3.79. The number of ether oxygens (including phenoxy) is 1. The molecule has 0 radical (unpaired) electrons. The lowest BCUT2D eigenvalue weighted by molar-refractivity contribution is 0.122. The van der Waals surface area contributed by atoms with Crippen molar-refractivity contribution in [2.75, 3.05) is 55.5 Å². The van der Waals surface area contributed by atoms with Crippen LogP contribution in [0.1, 0.15) is 5.82 Å². The molecule has 1 saturated heterocycles. The van der Waals surface area contributed by atoms with Crippen LogP contribution in [0, 0.1) is 0 Å². The minimum Gasteiger partial charge on any atom is -0.378 e. The number of morpholine rings is 1. The third kappa shape index (κ3) is 4.79. The van der Waals surface area contributed by atoms with Gasteiger partial charge in [-0.1, -0.05) is 18.2 Å². The van der Waals surface area contributed by atoms with E-state index in [1.165, 1.54) is 0 Å². The number of anilines is 3.